The molecular weight excluding hydrogens is 355 g/mol. The Kier molecular flexibility index (Phi) is 3.74. The van der Waals surface area contributed by atoms with Crippen molar-refractivity contribution in [1.29, 1.82) is 0 Å². The summed E-state index contributed by atoms with van der Waals surface area (Å²) < 4.78 is 8.38. The first kappa shape index (κ1) is 12.9. The van der Waals surface area contributed by atoms with Crippen LogP contribution in [0.1, 0.15) is 16.9 Å². The van der Waals surface area contributed by atoms with Gasteiger partial charge >= 0.3 is 0 Å². The van der Waals surface area contributed by atoms with Gasteiger partial charge in [-0.2, -0.15) is 4.74 Å². The van der Waals surface area contributed by atoms with Crippen molar-refractivity contribution in [1.82, 2.24) is 10.1 Å². The molecule has 0 spiro atoms. The number of halogens is 1. The second kappa shape index (κ2) is 5.50. The van der Waals surface area contributed by atoms with Crippen LogP contribution in [-0.2, 0) is 19.4 Å². The van der Waals surface area contributed by atoms with Crippen LogP contribution >= 0.6 is 22.6 Å². The maximum absolute atomic E-state index is 12.3. The van der Waals surface area contributed by atoms with Gasteiger partial charge in [0, 0.05) is 16.5 Å². The fourth-order valence-electron chi connectivity index (χ4n) is 2.37. The van der Waals surface area contributed by atoms with Crippen molar-refractivity contribution in [2.75, 3.05) is 13.1 Å². The standard InChI is InChI=1S/C14H15IN2O2/c15-12-4-2-1-3-10(12)9-17-14(18)11-5-7-16-8-6-13(11)19-17/h1-4,16H,5-9H2. The van der Waals surface area contributed by atoms with Gasteiger partial charge in [-0.15, -0.1) is 0 Å². The molecule has 0 saturated heterocycles. The van der Waals surface area contributed by atoms with E-state index in [1.54, 1.807) is 0 Å². The number of rotatable bonds is 2. The van der Waals surface area contributed by atoms with Crippen LogP contribution in [0.4, 0.5) is 0 Å². The van der Waals surface area contributed by atoms with E-state index in [0.29, 0.717) is 6.54 Å². The van der Waals surface area contributed by atoms with E-state index in [1.807, 2.05) is 24.3 Å². The molecule has 0 fully saturated rings. The van der Waals surface area contributed by atoms with E-state index in [-0.39, 0.29) is 5.56 Å². The van der Waals surface area contributed by atoms with Crippen LogP contribution in [0, 0.1) is 3.57 Å². The van der Waals surface area contributed by atoms with Gasteiger partial charge in [-0.25, -0.2) is 0 Å². The smallest absolute Gasteiger partial charge is 0.286 e. The highest BCUT2D eigenvalue weighted by molar-refractivity contribution is 14.1. The fourth-order valence-corrected chi connectivity index (χ4v) is 2.93. The first-order valence-corrected chi connectivity index (χ1v) is 7.49. The predicted molar refractivity (Wildman–Crippen MR) is 81.5 cm³/mol. The zero-order valence-electron chi connectivity index (χ0n) is 10.5. The lowest BCUT2D eigenvalue weighted by Gasteiger charge is -2.03. The summed E-state index contributed by atoms with van der Waals surface area (Å²) >= 11 is 2.28. The molecule has 0 amide bonds. The monoisotopic (exact) mass is 370 g/mol. The summed E-state index contributed by atoms with van der Waals surface area (Å²) in [5.41, 5.74) is 1.99. The molecule has 0 radical (unpaired) electrons. The number of aromatic nitrogens is 1. The van der Waals surface area contributed by atoms with Gasteiger partial charge in [-0.1, -0.05) is 18.2 Å². The van der Waals surface area contributed by atoms with Crippen LogP contribution in [0.25, 0.3) is 0 Å². The molecule has 100 valence electrons. The Morgan fingerprint density at radius 3 is 2.89 bits per heavy atom. The van der Waals surface area contributed by atoms with Gasteiger partial charge in [-0.05, 0) is 47.2 Å². The Labute approximate surface area is 124 Å². The number of hydrogen-bond donors (Lipinski definition) is 1. The minimum absolute atomic E-state index is 0.0263. The lowest BCUT2D eigenvalue weighted by atomic mass is 10.2. The highest BCUT2D eigenvalue weighted by Gasteiger charge is 2.19. The Bertz CT molecular complexity index is 645. The predicted octanol–water partition coefficient (Wildman–Crippen LogP) is 1.78. The summed E-state index contributed by atoms with van der Waals surface area (Å²) in [5, 5.41) is 3.28. The summed E-state index contributed by atoms with van der Waals surface area (Å²) in [5.74, 6) is 0.848. The first-order valence-electron chi connectivity index (χ1n) is 6.41. The van der Waals surface area contributed by atoms with Gasteiger partial charge in [0.1, 0.15) is 5.76 Å². The van der Waals surface area contributed by atoms with E-state index >= 15 is 0 Å². The van der Waals surface area contributed by atoms with Gasteiger partial charge < -0.3 is 9.84 Å². The third-order valence-corrected chi connectivity index (χ3v) is 4.45. The summed E-state index contributed by atoms with van der Waals surface area (Å²) in [4.78, 5) is 12.3. The van der Waals surface area contributed by atoms with Crippen LogP contribution < -0.4 is 10.9 Å². The molecule has 1 aliphatic rings. The van der Waals surface area contributed by atoms with Crippen molar-refractivity contribution in [2.24, 2.45) is 0 Å². The summed E-state index contributed by atoms with van der Waals surface area (Å²) in [6.45, 7) is 2.24. The molecule has 1 aromatic heterocycles. The maximum Gasteiger partial charge on any atom is 0.286 e. The summed E-state index contributed by atoms with van der Waals surface area (Å²) in [6.07, 6.45) is 1.56. The third-order valence-electron chi connectivity index (χ3n) is 3.39. The van der Waals surface area contributed by atoms with E-state index in [4.69, 9.17) is 4.52 Å². The zero-order valence-corrected chi connectivity index (χ0v) is 12.6. The van der Waals surface area contributed by atoms with Crippen LogP contribution in [0.2, 0.25) is 0 Å². The molecule has 0 aliphatic carbocycles. The second-order valence-electron chi connectivity index (χ2n) is 4.68. The molecule has 0 atom stereocenters. The van der Waals surface area contributed by atoms with Gasteiger partial charge in [0.25, 0.3) is 5.56 Å². The van der Waals surface area contributed by atoms with Crippen LogP contribution in [0.5, 0.6) is 0 Å². The lowest BCUT2D eigenvalue weighted by Crippen LogP contribution is -2.22. The molecule has 1 aliphatic heterocycles. The molecule has 0 bridgehead atoms. The summed E-state index contributed by atoms with van der Waals surface area (Å²) in [6, 6.07) is 8.06. The number of nitrogens with zero attached hydrogens (tertiary/aromatic N) is 1. The van der Waals surface area contributed by atoms with Gasteiger partial charge in [0.05, 0.1) is 12.1 Å². The highest BCUT2D eigenvalue weighted by atomic mass is 127. The van der Waals surface area contributed by atoms with Crippen LogP contribution in [0.15, 0.2) is 33.6 Å². The van der Waals surface area contributed by atoms with E-state index in [1.165, 1.54) is 4.74 Å². The van der Waals surface area contributed by atoms with Crippen molar-refractivity contribution in [3.8, 4) is 0 Å². The Hall–Kier alpha value is -1.08. The van der Waals surface area contributed by atoms with Gasteiger partial charge in [0.2, 0.25) is 0 Å². The Morgan fingerprint density at radius 2 is 2.05 bits per heavy atom. The number of nitrogens with one attached hydrogen (secondary N) is 1. The molecule has 2 heterocycles. The largest absolute Gasteiger partial charge is 0.380 e. The topological polar surface area (TPSA) is 47.2 Å². The lowest BCUT2D eigenvalue weighted by molar-refractivity contribution is 0.256. The summed E-state index contributed by atoms with van der Waals surface area (Å²) in [7, 11) is 0. The van der Waals surface area contributed by atoms with E-state index in [2.05, 4.69) is 27.9 Å². The molecule has 1 N–H and O–H groups in total. The molecular formula is C14H15IN2O2. The average molecular weight is 370 g/mol. The van der Waals surface area contributed by atoms with Gasteiger partial charge in [-0.3, -0.25) is 4.79 Å². The van der Waals surface area contributed by atoms with E-state index in [9.17, 15) is 4.79 Å². The fraction of sp³-hybridized carbons (Fsp3) is 0.357. The number of fused-ring (bicyclic) bond motifs is 1. The SMILES string of the molecule is O=c1c2c(on1Cc1ccccc1I)CCNCC2. The van der Waals surface area contributed by atoms with Crippen molar-refractivity contribution in [3.63, 3.8) is 0 Å². The average Bonchev–Trinajstić information content (AvgIpc) is 2.60. The molecule has 5 heteroatoms. The molecule has 0 saturated carbocycles. The second-order valence-corrected chi connectivity index (χ2v) is 5.84. The maximum atomic E-state index is 12.3. The van der Waals surface area contributed by atoms with Gasteiger partial charge in [0.15, 0.2) is 0 Å². The molecule has 1 aromatic carbocycles. The van der Waals surface area contributed by atoms with E-state index in [0.717, 1.165) is 46.4 Å². The normalized spacial score (nSPS) is 15.0. The first-order chi connectivity index (χ1) is 9.25. The van der Waals surface area contributed by atoms with Crippen LogP contribution in [-0.4, -0.2) is 17.8 Å². The van der Waals surface area contributed by atoms with Crippen molar-refractivity contribution >= 4 is 22.6 Å². The minimum Gasteiger partial charge on any atom is -0.380 e. The Balaban J connectivity index is 1.94. The highest BCUT2D eigenvalue weighted by Crippen LogP contribution is 2.15. The number of hydrogen-bond acceptors (Lipinski definition) is 3. The third kappa shape index (κ3) is 2.62. The molecule has 19 heavy (non-hydrogen) atoms. The molecule has 2 aromatic rings. The van der Waals surface area contributed by atoms with Crippen molar-refractivity contribution in [3.05, 3.63) is 55.1 Å². The molecule has 3 rings (SSSR count). The van der Waals surface area contributed by atoms with Crippen LogP contribution in [0.3, 0.4) is 0 Å². The molecule has 4 nitrogen and oxygen atoms in total. The minimum atomic E-state index is 0.0263. The quantitative estimate of drug-likeness (QED) is 0.820. The Morgan fingerprint density at radius 1 is 1.26 bits per heavy atom. The number of benzene rings is 1. The van der Waals surface area contributed by atoms with Crippen molar-refractivity contribution < 1.29 is 4.52 Å². The van der Waals surface area contributed by atoms with Crippen molar-refractivity contribution in [2.45, 2.75) is 19.4 Å². The zero-order chi connectivity index (χ0) is 13.2. The van der Waals surface area contributed by atoms with E-state index < -0.39 is 0 Å². The molecule has 0 unspecified atom stereocenters.